The van der Waals surface area contributed by atoms with Crippen LogP contribution >= 0.6 is 0 Å². The topological polar surface area (TPSA) is 70.2 Å². The summed E-state index contributed by atoms with van der Waals surface area (Å²) >= 11 is 0. The number of anilines is 1. The first-order valence-electron chi connectivity index (χ1n) is 7.98. The highest BCUT2D eigenvalue weighted by Gasteiger charge is 2.56. The number of benzene rings is 1. The van der Waals surface area contributed by atoms with Crippen molar-refractivity contribution in [3.05, 3.63) is 42.0 Å². The number of nitrogens with zero attached hydrogens (tertiary/aromatic N) is 2. The van der Waals surface area contributed by atoms with Gasteiger partial charge in [-0.2, -0.15) is 0 Å². The van der Waals surface area contributed by atoms with Gasteiger partial charge in [0.2, 0.25) is 0 Å². The Morgan fingerprint density at radius 3 is 3.04 bits per heavy atom. The molecule has 3 unspecified atom stereocenters. The maximum atomic E-state index is 12.0. The molecule has 2 N–H and O–H groups in total. The molecule has 6 nitrogen and oxygen atoms in total. The number of fused-ring (bicyclic) bond motifs is 3. The standard InChI is InChI=1S/C17H20N4O2/c1-3-21(17(22)18-2)10-4-5-14-11(6-10)15-12(8-23-14)16(15)13-7-19-9-20-13/h4-7,9,12,15-16H,3,8H2,1-2H3,(H,18,22)(H,19,20). The van der Waals surface area contributed by atoms with E-state index in [9.17, 15) is 4.79 Å². The summed E-state index contributed by atoms with van der Waals surface area (Å²) < 4.78 is 5.91. The molecule has 23 heavy (non-hydrogen) atoms. The molecule has 120 valence electrons. The molecule has 2 amide bonds. The van der Waals surface area contributed by atoms with E-state index in [-0.39, 0.29) is 6.03 Å². The maximum Gasteiger partial charge on any atom is 0.321 e. The summed E-state index contributed by atoms with van der Waals surface area (Å²) in [4.78, 5) is 21.1. The molecule has 2 aromatic rings. The second kappa shape index (κ2) is 5.30. The lowest BCUT2D eigenvalue weighted by molar-refractivity contribution is 0.248. The van der Waals surface area contributed by atoms with Gasteiger partial charge in [0, 0.05) is 54.5 Å². The summed E-state index contributed by atoms with van der Waals surface area (Å²) in [5.74, 6) is 2.31. The average molecular weight is 312 g/mol. The van der Waals surface area contributed by atoms with Gasteiger partial charge in [-0.05, 0) is 25.1 Å². The molecular weight excluding hydrogens is 292 g/mol. The molecule has 0 bridgehead atoms. The van der Waals surface area contributed by atoms with Crippen molar-refractivity contribution in [1.29, 1.82) is 0 Å². The Kier molecular flexibility index (Phi) is 3.25. The Labute approximate surface area is 134 Å². The molecule has 1 aliphatic heterocycles. The minimum atomic E-state index is -0.0957. The van der Waals surface area contributed by atoms with Gasteiger partial charge < -0.3 is 15.0 Å². The zero-order chi connectivity index (χ0) is 16.0. The molecule has 6 heteroatoms. The Bertz CT molecular complexity index is 728. The van der Waals surface area contributed by atoms with Crippen LogP contribution in [0.3, 0.4) is 0 Å². The molecule has 0 spiro atoms. The Balaban J connectivity index is 1.68. The zero-order valence-electron chi connectivity index (χ0n) is 13.2. The van der Waals surface area contributed by atoms with Crippen LogP contribution in [0.1, 0.15) is 30.0 Å². The van der Waals surface area contributed by atoms with Gasteiger partial charge in [0.1, 0.15) is 5.75 Å². The van der Waals surface area contributed by atoms with E-state index in [1.165, 1.54) is 11.3 Å². The predicted molar refractivity (Wildman–Crippen MR) is 87.0 cm³/mol. The van der Waals surface area contributed by atoms with E-state index in [0.717, 1.165) is 18.0 Å². The monoisotopic (exact) mass is 312 g/mol. The van der Waals surface area contributed by atoms with E-state index < -0.39 is 0 Å². The number of nitrogens with one attached hydrogen (secondary N) is 2. The molecule has 1 saturated carbocycles. The van der Waals surface area contributed by atoms with E-state index in [0.29, 0.717) is 24.3 Å². The van der Waals surface area contributed by atoms with Gasteiger partial charge in [-0.25, -0.2) is 9.78 Å². The van der Waals surface area contributed by atoms with Gasteiger partial charge in [0.15, 0.2) is 0 Å². The lowest BCUT2D eigenvalue weighted by Gasteiger charge is -2.23. The highest BCUT2D eigenvalue weighted by atomic mass is 16.5. The SMILES string of the molecule is CCN(C(=O)NC)c1ccc2c(c1)C1C(CO2)C1c1cnc[nH]1. The van der Waals surface area contributed by atoms with Crippen LogP contribution in [0.25, 0.3) is 0 Å². The highest BCUT2D eigenvalue weighted by molar-refractivity contribution is 5.92. The Hall–Kier alpha value is -2.50. The molecular formula is C17H20N4O2. The number of hydrogen-bond donors (Lipinski definition) is 2. The van der Waals surface area contributed by atoms with Crippen LogP contribution in [0.2, 0.25) is 0 Å². The summed E-state index contributed by atoms with van der Waals surface area (Å²) in [6.07, 6.45) is 3.62. The largest absolute Gasteiger partial charge is 0.493 e. The van der Waals surface area contributed by atoms with Crippen LogP contribution in [-0.2, 0) is 0 Å². The fourth-order valence-corrected chi connectivity index (χ4v) is 3.74. The second-order valence-electron chi connectivity index (χ2n) is 6.05. The number of urea groups is 1. The number of carbonyl (C=O) groups excluding carboxylic acids is 1. The highest BCUT2D eigenvalue weighted by Crippen LogP contribution is 2.64. The number of hydrogen-bond acceptors (Lipinski definition) is 3. The van der Waals surface area contributed by atoms with Gasteiger partial charge >= 0.3 is 6.03 Å². The van der Waals surface area contributed by atoms with Crippen LogP contribution in [-0.4, -0.2) is 36.2 Å². The maximum absolute atomic E-state index is 12.0. The molecule has 4 rings (SSSR count). The van der Waals surface area contributed by atoms with Gasteiger partial charge in [0.05, 0.1) is 12.9 Å². The number of ether oxygens (including phenoxy) is 1. The van der Waals surface area contributed by atoms with Gasteiger partial charge in [0.25, 0.3) is 0 Å². The van der Waals surface area contributed by atoms with Crippen molar-refractivity contribution in [2.45, 2.75) is 18.8 Å². The van der Waals surface area contributed by atoms with Crippen molar-refractivity contribution in [2.24, 2.45) is 5.92 Å². The number of imidazole rings is 1. The molecule has 1 aromatic heterocycles. The third-order valence-electron chi connectivity index (χ3n) is 4.92. The summed E-state index contributed by atoms with van der Waals surface area (Å²) in [6, 6.07) is 5.93. The number of aromatic amines is 1. The predicted octanol–water partition coefficient (Wildman–Crippen LogP) is 2.46. The summed E-state index contributed by atoms with van der Waals surface area (Å²) in [5, 5.41) is 2.69. The van der Waals surface area contributed by atoms with Crippen molar-refractivity contribution < 1.29 is 9.53 Å². The summed E-state index contributed by atoms with van der Waals surface area (Å²) in [7, 11) is 1.65. The third kappa shape index (κ3) is 2.17. The fourth-order valence-electron chi connectivity index (χ4n) is 3.74. The van der Waals surface area contributed by atoms with E-state index in [2.05, 4.69) is 21.4 Å². The quantitative estimate of drug-likeness (QED) is 0.914. The zero-order valence-corrected chi connectivity index (χ0v) is 13.2. The summed E-state index contributed by atoms with van der Waals surface area (Å²) in [6.45, 7) is 3.34. The van der Waals surface area contributed by atoms with Crippen molar-refractivity contribution in [1.82, 2.24) is 15.3 Å². The van der Waals surface area contributed by atoms with Crippen molar-refractivity contribution in [2.75, 3.05) is 25.1 Å². The van der Waals surface area contributed by atoms with Crippen molar-refractivity contribution >= 4 is 11.7 Å². The van der Waals surface area contributed by atoms with Crippen LogP contribution in [0.15, 0.2) is 30.7 Å². The van der Waals surface area contributed by atoms with E-state index in [1.54, 1.807) is 18.3 Å². The lowest BCUT2D eigenvalue weighted by atomic mass is 10.0. The van der Waals surface area contributed by atoms with Crippen molar-refractivity contribution in [3.8, 4) is 5.75 Å². The lowest BCUT2D eigenvalue weighted by Crippen LogP contribution is -2.38. The molecule has 0 radical (unpaired) electrons. The molecule has 2 aliphatic rings. The molecule has 1 aromatic carbocycles. The van der Waals surface area contributed by atoms with Gasteiger partial charge in [-0.1, -0.05) is 0 Å². The smallest absolute Gasteiger partial charge is 0.321 e. The molecule has 2 heterocycles. The first-order chi connectivity index (χ1) is 11.2. The summed E-state index contributed by atoms with van der Waals surface area (Å²) in [5.41, 5.74) is 3.27. The minimum Gasteiger partial charge on any atom is -0.493 e. The van der Waals surface area contributed by atoms with E-state index in [4.69, 9.17) is 4.74 Å². The van der Waals surface area contributed by atoms with Crippen LogP contribution in [0.4, 0.5) is 10.5 Å². The van der Waals surface area contributed by atoms with Crippen LogP contribution in [0, 0.1) is 5.92 Å². The second-order valence-corrected chi connectivity index (χ2v) is 6.05. The third-order valence-corrected chi connectivity index (χ3v) is 4.92. The average Bonchev–Trinajstić information content (AvgIpc) is 3.08. The first kappa shape index (κ1) is 14.1. The van der Waals surface area contributed by atoms with Crippen LogP contribution in [0.5, 0.6) is 5.75 Å². The van der Waals surface area contributed by atoms with Gasteiger partial charge in [-0.15, -0.1) is 0 Å². The first-order valence-corrected chi connectivity index (χ1v) is 7.98. The Morgan fingerprint density at radius 1 is 1.48 bits per heavy atom. The number of aromatic nitrogens is 2. The number of carbonyl (C=O) groups is 1. The van der Waals surface area contributed by atoms with Crippen LogP contribution < -0.4 is 15.0 Å². The van der Waals surface area contributed by atoms with E-state index in [1.807, 2.05) is 25.3 Å². The fraction of sp³-hybridized carbons (Fsp3) is 0.412. The molecule has 0 saturated heterocycles. The van der Waals surface area contributed by atoms with Crippen molar-refractivity contribution in [3.63, 3.8) is 0 Å². The normalized spacial score (nSPS) is 24.2. The molecule has 1 fully saturated rings. The molecule has 1 aliphatic carbocycles. The van der Waals surface area contributed by atoms with E-state index >= 15 is 0 Å². The number of rotatable bonds is 3. The van der Waals surface area contributed by atoms with Gasteiger partial charge in [-0.3, -0.25) is 4.90 Å². The number of amides is 2. The Morgan fingerprint density at radius 2 is 2.35 bits per heavy atom. The minimum absolute atomic E-state index is 0.0957. The number of H-pyrrole nitrogens is 1. The molecule has 3 atom stereocenters.